The zero-order valence-electron chi connectivity index (χ0n) is 21.3. The molecule has 0 bridgehead atoms. The van der Waals surface area contributed by atoms with Gasteiger partial charge in [0.15, 0.2) is 17.3 Å². The van der Waals surface area contributed by atoms with E-state index in [1.165, 1.54) is 18.9 Å². The largest absolute Gasteiger partial charge is 0.486 e. The van der Waals surface area contributed by atoms with E-state index in [1.807, 2.05) is 36.4 Å². The van der Waals surface area contributed by atoms with Crippen LogP contribution in [0.3, 0.4) is 0 Å². The Bertz CT molecular complexity index is 1330. The van der Waals surface area contributed by atoms with E-state index in [2.05, 4.69) is 15.1 Å². The van der Waals surface area contributed by atoms with Crippen molar-refractivity contribution in [3.05, 3.63) is 58.9 Å². The maximum atomic E-state index is 14.7. The number of benzene rings is 2. The molecule has 1 unspecified atom stereocenters. The van der Waals surface area contributed by atoms with Crippen LogP contribution in [0, 0.1) is 11.7 Å². The zero-order chi connectivity index (χ0) is 26.1. The van der Waals surface area contributed by atoms with Gasteiger partial charge in [-0.2, -0.15) is 0 Å². The number of hydrogen-bond donors (Lipinski definition) is 1. The molecular formula is C29H32ClFN4O3. The Balaban J connectivity index is 1.14. The molecular weight excluding hydrogens is 507 g/mol. The van der Waals surface area contributed by atoms with E-state index in [0.717, 1.165) is 54.9 Å². The second-order valence-corrected chi connectivity index (χ2v) is 10.9. The highest BCUT2D eigenvalue weighted by atomic mass is 35.5. The van der Waals surface area contributed by atoms with E-state index in [0.29, 0.717) is 37.0 Å². The summed E-state index contributed by atoms with van der Waals surface area (Å²) in [5.41, 5.74) is 1.68. The molecule has 3 aliphatic rings. The number of likely N-dealkylation sites (tertiary alicyclic amines) is 1. The van der Waals surface area contributed by atoms with Gasteiger partial charge in [-0.15, -0.1) is 0 Å². The number of nitrogens with one attached hydrogen (secondary N) is 1. The fourth-order valence-corrected chi connectivity index (χ4v) is 5.95. The quantitative estimate of drug-likeness (QED) is 0.479. The van der Waals surface area contributed by atoms with E-state index >= 15 is 0 Å². The number of carbonyl (C=O) groups excluding carboxylic acids is 1. The summed E-state index contributed by atoms with van der Waals surface area (Å²) in [5, 5.41) is 4.99. The fraction of sp³-hybridized carbons (Fsp3) is 0.448. The van der Waals surface area contributed by atoms with Crippen LogP contribution in [0.25, 0.3) is 10.9 Å². The van der Waals surface area contributed by atoms with E-state index in [1.54, 1.807) is 0 Å². The Kier molecular flexibility index (Phi) is 7.26. The van der Waals surface area contributed by atoms with Gasteiger partial charge in [0, 0.05) is 36.1 Å². The van der Waals surface area contributed by atoms with E-state index in [9.17, 15) is 9.18 Å². The third-order valence-corrected chi connectivity index (χ3v) is 7.92. The summed E-state index contributed by atoms with van der Waals surface area (Å²) in [7, 11) is 0. The number of pyridine rings is 1. The summed E-state index contributed by atoms with van der Waals surface area (Å²) in [6.45, 7) is 4.93. The number of amides is 1. The third-order valence-electron chi connectivity index (χ3n) is 7.68. The number of rotatable bonds is 7. The molecule has 4 heterocycles. The summed E-state index contributed by atoms with van der Waals surface area (Å²) in [5.74, 6) is 0.985. The monoisotopic (exact) mass is 538 g/mol. The topological polar surface area (TPSA) is 66.9 Å². The first-order valence-electron chi connectivity index (χ1n) is 13.4. The van der Waals surface area contributed by atoms with Crippen LogP contribution in [0.2, 0.25) is 5.02 Å². The average Bonchev–Trinajstić information content (AvgIpc) is 3.61. The van der Waals surface area contributed by atoms with Gasteiger partial charge in [-0.25, -0.2) is 9.37 Å². The van der Waals surface area contributed by atoms with Gasteiger partial charge in [-0.05, 0) is 86.8 Å². The lowest BCUT2D eigenvalue weighted by Gasteiger charge is -2.27. The number of carbonyl (C=O) groups is 1. The smallest absolute Gasteiger partial charge is 0.225 e. The highest BCUT2D eigenvalue weighted by Crippen LogP contribution is 2.34. The van der Waals surface area contributed by atoms with Crippen molar-refractivity contribution in [1.82, 2.24) is 15.2 Å². The molecule has 200 valence electrons. The lowest BCUT2D eigenvalue weighted by molar-refractivity contribution is -0.125. The van der Waals surface area contributed by atoms with Gasteiger partial charge in [-0.1, -0.05) is 11.6 Å². The molecule has 38 heavy (non-hydrogen) atoms. The SMILES string of the molecule is O=C(NC(Cc1cc(F)c2c(c1)OCCO2)CN1CCCC1)[C@@H]1CCN(c2ccc3cc(Cl)ccc3n2)C1. The van der Waals surface area contributed by atoms with Crippen molar-refractivity contribution in [2.75, 3.05) is 50.8 Å². The Morgan fingerprint density at radius 1 is 1.11 bits per heavy atom. The third kappa shape index (κ3) is 5.52. The first kappa shape index (κ1) is 25.2. The van der Waals surface area contributed by atoms with Crippen molar-refractivity contribution < 1.29 is 18.7 Å². The molecule has 0 radical (unpaired) electrons. The number of halogens is 2. The maximum absolute atomic E-state index is 14.7. The molecule has 1 amide bonds. The number of ether oxygens (including phenoxy) is 2. The molecule has 0 saturated carbocycles. The normalized spacial score (nSPS) is 20.2. The van der Waals surface area contributed by atoms with E-state index < -0.39 is 5.82 Å². The summed E-state index contributed by atoms with van der Waals surface area (Å²) in [4.78, 5) is 22.8. The van der Waals surface area contributed by atoms with Crippen molar-refractivity contribution in [3.8, 4) is 11.5 Å². The van der Waals surface area contributed by atoms with Crippen LogP contribution in [0.15, 0.2) is 42.5 Å². The summed E-state index contributed by atoms with van der Waals surface area (Å²) in [6, 6.07) is 12.9. The van der Waals surface area contributed by atoms with Crippen LogP contribution in [-0.2, 0) is 11.2 Å². The van der Waals surface area contributed by atoms with Crippen molar-refractivity contribution in [1.29, 1.82) is 0 Å². The lowest BCUT2D eigenvalue weighted by Crippen LogP contribution is -2.47. The van der Waals surface area contributed by atoms with E-state index in [-0.39, 0.29) is 23.6 Å². The van der Waals surface area contributed by atoms with Gasteiger partial charge in [-0.3, -0.25) is 4.79 Å². The number of anilines is 1. The van der Waals surface area contributed by atoms with Crippen LogP contribution >= 0.6 is 11.6 Å². The molecule has 7 nitrogen and oxygen atoms in total. The Labute approximate surface area is 226 Å². The highest BCUT2D eigenvalue weighted by molar-refractivity contribution is 6.31. The molecule has 1 N–H and O–H groups in total. The second-order valence-electron chi connectivity index (χ2n) is 10.5. The minimum Gasteiger partial charge on any atom is -0.486 e. The predicted molar refractivity (Wildman–Crippen MR) is 146 cm³/mol. The first-order valence-corrected chi connectivity index (χ1v) is 13.8. The molecule has 0 spiro atoms. The molecule has 2 fully saturated rings. The summed E-state index contributed by atoms with van der Waals surface area (Å²) < 4.78 is 25.8. The predicted octanol–water partition coefficient (Wildman–Crippen LogP) is 4.45. The zero-order valence-corrected chi connectivity index (χ0v) is 22.1. The van der Waals surface area contributed by atoms with Gasteiger partial charge in [0.05, 0.1) is 11.4 Å². The summed E-state index contributed by atoms with van der Waals surface area (Å²) in [6.07, 6.45) is 3.63. The fourth-order valence-electron chi connectivity index (χ4n) is 5.77. The number of nitrogens with zero attached hydrogens (tertiary/aromatic N) is 3. The average molecular weight is 539 g/mol. The van der Waals surface area contributed by atoms with Crippen molar-refractivity contribution in [2.24, 2.45) is 5.92 Å². The molecule has 0 aliphatic carbocycles. The first-order chi connectivity index (χ1) is 18.5. The Morgan fingerprint density at radius 2 is 1.95 bits per heavy atom. The molecule has 3 aliphatic heterocycles. The molecule has 9 heteroatoms. The molecule has 6 rings (SSSR count). The number of aromatic nitrogens is 1. The molecule has 2 saturated heterocycles. The van der Waals surface area contributed by atoms with Gasteiger partial charge in [0.25, 0.3) is 0 Å². The number of hydrogen-bond acceptors (Lipinski definition) is 6. The molecule has 2 atom stereocenters. The van der Waals surface area contributed by atoms with Crippen LogP contribution in [-0.4, -0.2) is 67.8 Å². The Hall–Kier alpha value is -3.10. The summed E-state index contributed by atoms with van der Waals surface area (Å²) >= 11 is 6.11. The minimum atomic E-state index is -0.417. The lowest BCUT2D eigenvalue weighted by atomic mass is 10.0. The molecule has 2 aromatic carbocycles. The highest BCUT2D eigenvalue weighted by Gasteiger charge is 2.31. The van der Waals surface area contributed by atoms with Crippen LogP contribution < -0.4 is 19.7 Å². The standard InChI is InChI=1S/C29H32ClFN4O3/c30-22-4-5-25-20(16-22)3-6-27(33-25)35-10-7-21(17-35)29(36)32-23(18-34-8-1-2-9-34)13-19-14-24(31)28-26(15-19)37-11-12-38-28/h3-6,14-16,21,23H,1-2,7-13,17-18H2,(H,32,36)/t21-,23?/m1/s1. The van der Waals surface area contributed by atoms with Gasteiger partial charge < -0.3 is 24.6 Å². The van der Waals surface area contributed by atoms with Crippen molar-refractivity contribution >= 4 is 34.2 Å². The Morgan fingerprint density at radius 3 is 2.82 bits per heavy atom. The molecule has 3 aromatic rings. The van der Waals surface area contributed by atoms with E-state index in [4.69, 9.17) is 26.1 Å². The van der Waals surface area contributed by atoms with Crippen LogP contribution in [0.1, 0.15) is 24.8 Å². The molecule has 1 aromatic heterocycles. The van der Waals surface area contributed by atoms with Crippen LogP contribution in [0.5, 0.6) is 11.5 Å². The van der Waals surface area contributed by atoms with Gasteiger partial charge in [0.1, 0.15) is 19.0 Å². The number of fused-ring (bicyclic) bond motifs is 2. The maximum Gasteiger partial charge on any atom is 0.225 e. The van der Waals surface area contributed by atoms with Crippen LogP contribution in [0.4, 0.5) is 10.2 Å². The van der Waals surface area contributed by atoms with Gasteiger partial charge >= 0.3 is 0 Å². The second kappa shape index (κ2) is 10.9. The van der Waals surface area contributed by atoms with Crippen molar-refractivity contribution in [2.45, 2.75) is 31.7 Å². The van der Waals surface area contributed by atoms with Gasteiger partial charge in [0.2, 0.25) is 5.91 Å². The van der Waals surface area contributed by atoms with Crippen molar-refractivity contribution in [3.63, 3.8) is 0 Å². The minimum absolute atomic E-state index is 0.0438.